The Kier molecular flexibility index (Phi) is 4.11. The molecule has 2 heterocycles. The molecule has 0 radical (unpaired) electrons. The number of carbonyl (C=O) groups is 1. The summed E-state index contributed by atoms with van der Waals surface area (Å²) in [6.07, 6.45) is 6.14. The second-order valence-corrected chi connectivity index (χ2v) is 5.49. The van der Waals surface area contributed by atoms with E-state index in [1.807, 2.05) is 11.0 Å². The lowest BCUT2D eigenvalue weighted by atomic mass is 10.3. The van der Waals surface area contributed by atoms with Gasteiger partial charge >= 0.3 is 0 Å². The second-order valence-electron chi connectivity index (χ2n) is 5.49. The van der Waals surface area contributed by atoms with E-state index < -0.39 is 0 Å². The van der Waals surface area contributed by atoms with Crippen molar-refractivity contribution in [1.82, 2.24) is 20.2 Å². The second kappa shape index (κ2) is 6.17. The molecule has 3 rings (SSSR count). The van der Waals surface area contributed by atoms with Crippen LogP contribution in [-0.4, -0.2) is 60.0 Å². The molecule has 0 bridgehead atoms. The maximum Gasteiger partial charge on any atom is 0.236 e. The van der Waals surface area contributed by atoms with Crippen molar-refractivity contribution in [3.8, 4) is 0 Å². The van der Waals surface area contributed by atoms with Crippen LogP contribution in [0.2, 0.25) is 0 Å². The average Bonchev–Trinajstić information content (AvgIpc) is 3.32. The molecule has 0 spiro atoms. The molecule has 1 aromatic rings. The molecule has 0 atom stereocenters. The van der Waals surface area contributed by atoms with E-state index in [0.717, 1.165) is 44.6 Å². The summed E-state index contributed by atoms with van der Waals surface area (Å²) in [7, 11) is 0. The van der Waals surface area contributed by atoms with Gasteiger partial charge in [0.2, 0.25) is 11.9 Å². The van der Waals surface area contributed by atoms with Gasteiger partial charge in [-0.25, -0.2) is 9.97 Å². The van der Waals surface area contributed by atoms with Gasteiger partial charge in [0.25, 0.3) is 0 Å². The molecule has 108 valence electrons. The van der Waals surface area contributed by atoms with E-state index in [-0.39, 0.29) is 5.91 Å². The SMILES string of the molecule is O=C(CNCC1CC1)N1CCN(c2ncccn2)CC1. The number of aromatic nitrogens is 2. The molecule has 1 aromatic heterocycles. The van der Waals surface area contributed by atoms with Gasteiger partial charge < -0.3 is 15.1 Å². The highest BCUT2D eigenvalue weighted by atomic mass is 16.2. The molecule has 6 nitrogen and oxygen atoms in total. The van der Waals surface area contributed by atoms with Crippen LogP contribution in [0.3, 0.4) is 0 Å². The lowest BCUT2D eigenvalue weighted by Crippen LogP contribution is -2.51. The largest absolute Gasteiger partial charge is 0.338 e. The van der Waals surface area contributed by atoms with E-state index in [1.54, 1.807) is 12.4 Å². The van der Waals surface area contributed by atoms with E-state index in [4.69, 9.17) is 0 Å². The molecular formula is C14H21N5O. The van der Waals surface area contributed by atoms with Gasteiger partial charge in [0.05, 0.1) is 6.54 Å². The maximum atomic E-state index is 12.1. The van der Waals surface area contributed by atoms with Crippen molar-refractivity contribution in [2.24, 2.45) is 5.92 Å². The molecule has 1 saturated carbocycles. The molecule has 2 aliphatic rings. The Bertz CT molecular complexity index is 440. The number of hydrogen-bond acceptors (Lipinski definition) is 5. The Morgan fingerprint density at radius 3 is 2.55 bits per heavy atom. The predicted octanol–water partition coefficient (Wildman–Crippen LogP) is 0.125. The normalized spacial score (nSPS) is 19.2. The van der Waals surface area contributed by atoms with E-state index in [9.17, 15) is 4.79 Å². The van der Waals surface area contributed by atoms with Crippen LogP contribution in [0, 0.1) is 5.92 Å². The predicted molar refractivity (Wildman–Crippen MR) is 76.4 cm³/mol. The summed E-state index contributed by atoms with van der Waals surface area (Å²) < 4.78 is 0. The minimum atomic E-state index is 0.208. The van der Waals surface area contributed by atoms with Crippen molar-refractivity contribution in [2.45, 2.75) is 12.8 Å². The Hall–Kier alpha value is -1.69. The molecule has 1 N–H and O–H groups in total. The molecule has 20 heavy (non-hydrogen) atoms. The molecule has 2 fully saturated rings. The van der Waals surface area contributed by atoms with E-state index in [0.29, 0.717) is 6.54 Å². The zero-order valence-electron chi connectivity index (χ0n) is 11.7. The third kappa shape index (κ3) is 3.45. The fourth-order valence-electron chi connectivity index (χ4n) is 2.43. The summed E-state index contributed by atoms with van der Waals surface area (Å²) in [5.74, 6) is 1.78. The fraction of sp³-hybridized carbons (Fsp3) is 0.643. The van der Waals surface area contributed by atoms with Crippen LogP contribution in [0.25, 0.3) is 0 Å². The number of carbonyl (C=O) groups excluding carboxylic acids is 1. The summed E-state index contributed by atoms with van der Waals surface area (Å²) in [5.41, 5.74) is 0. The summed E-state index contributed by atoms with van der Waals surface area (Å²) in [6.45, 7) is 4.57. The molecule has 0 unspecified atom stereocenters. The summed E-state index contributed by atoms with van der Waals surface area (Å²) in [4.78, 5) is 24.6. The van der Waals surface area contributed by atoms with Crippen LogP contribution < -0.4 is 10.2 Å². The highest BCUT2D eigenvalue weighted by Crippen LogP contribution is 2.27. The van der Waals surface area contributed by atoms with E-state index >= 15 is 0 Å². The number of hydrogen-bond donors (Lipinski definition) is 1. The van der Waals surface area contributed by atoms with Crippen molar-refractivity contribution < 1.29 is 4.79 Å². The van der Waals surface area contributed by atoms with Gasteiger partial charge in [-0.05, 0) is 31.4 Å². The van der Waals surface area contributed by atoms with Gasteiger partial charge in [-0.2, -0.15) is 0 Å². The topological polar surface area (TPSA) is 61.4 Å². The molecule has 1 aliphatic carbocycles. The van der Waals surface area contributed by atoms with Gasteiger partial charge in [0, 0.05) is 38.6 Å². The lowest BCUT2D eigenvalue weighted by molar-refractivity contribution is -0.130. The molecule has 6 heteroatoms. The summed E-state index contributed by atoms with van der Waals surface area (Å²) in [6, 6.07) is 1.81. The van der Waals surface area contributed by atoms with Gasteiger partial charge in [0.15, 0.2) is 0 Å². The van der Waals surface area contributed by atoms with E-state index in [2.05, 4.69) is 20.2 Å². The van der Waals surface area contributed by atoms with Crippen molar-refractivity contribution >= 4 is 11.9 Å². The zero-order chi connectivity index (χ0) is 13.8. The number of nitrogens with zero attached hydrogens (tertiary/aromatic N) is 4. The Labute approximate surface area is 119 Å². The van der Waals surface area contributed by atoms with Crippen LogP contribution >= 0.6 is 0 Å². The van der Waals surface area contributed by atoms with Gasteiger partial charge in [-0.1, -0.05) is 0 Å². The van der Waals surface area contributed by atoms with Crippen molar-refractivity contribution in [3.05, 3.63) is 18.5 Å². The fourth-order valence-corrected chi connectivity index (χ4v) is 2.43. The quantitative estimate of drug-likeness (QED) is 0.827. The highest BCUT2D eigenvalue weighted by Gasteiger charge is 2.24. The van der Waals surface area contributed by atoms with Gasteiger partial charge in [0.1, 0.15) is 0 Å². The smallest absolute Gasteiger partial charge is 0.236 e. The monoisotopic (exact) mass is 275 g/mol. The molecular weight excluding hydrogens is 254 g/mol. The first kappa shape index (κ1) is 13.3. The van der Waals surface area contributed by atoms with Crippen LogP contribution in [0.15, 0.2) is 18.5 Å². The number of amides is 1. The summed E-state index contributed by atoms with van der Waals surface area (Å²) in [5, 5.41) is 3.26. The summed E-state index contributed by atoms with van der Waals surface area (Å²) >= 11 is 0. The third-order valence-electron chi connectivity index (χ3n) is 3.87. The Morgan fingerprint density at radius 1 is 1.20 bits per heavy atom. The van der Waals surface area contributed by atoms with Crippen molar-refractivity contribution in [3.63, 3.8) is 0 Å². The van der Waals surface area contributed by atoms with Crippen LogP contribution in [0.4, 0.5) is 5.95 Å². The number of nitrogens with one attached hydrogen (secondary N) is 1. The third-order valence-corrected chi connectivity index (χ3v) is 3.87. The van der Waals surface area contributed by atoms with Crippen molar-refractivity contribution in [1.29, 1.82) is 0 Å². The minimum Gasteiger partial charge on any atom is -0.338 e. The molecule has 1 aliphatic heterocycles. The molecule has 1 amide bonds. The first-order chi connectivity index (χ1) is 9.83. The first-order valence-corrected chi connectivity index (χ1v) is 7.33. The first-order valence-electron chi connectivity index (χ1n) is 7.33. The minimum absolute atomic E-state index is 0.208. The Morgan fingerprint density at radius 2 is 1.90 bits per heavy atom. The van der Waals surface area contributed by atoms with Crippen LogP contribution in [0.1, 0.15) is 12.8 Å². The highest BCUT2D eigenvalue weighted by molar-refractivity contribution is 5.78. The molecule has 0 aromatic carbocycles. The Balaban J connectivity index is 1.42. The average molecular weight is 275 g/mol. The number of rotatable bonds is 5. The maximum absolute atomic E-state index is 12.1. The molecule has 1 saturated heterocycles. The lowest BCUT2D eigenvalue weighted by Gasteiger charge is -2.34. The van der Waals surface area contributed by atoms with Gasteiger partial charge in [-0.3, -0.25) is 4.79 Å². The number of anilines is 1. The van der Waals surface area contributed by atoms with Crippen molar-refractivity contribution in [2.75, 3.05) is 44.2 Å². The van der Waals surface area contributed by atoms with Crippen LogP contribution in [-0.2, 0) is 4.79 Å². The van der Waals surface area contributed by atoms with Gasteiger partial charge in [-0.15, -0.1) is 0 Å². The number of piperazine rings is 1. The van der Waals surface area contributed by atoms with Crippen LogP contribution in [0.5, 0.6) is 0 Å². The van der Waals surface area contributed by atoms with E-state index in [1.165, 1.54) is 12.8 Å². The standard InChI is InChI=1S/C14H21N5O/c20-13(11-15-10-12-2-3-12)18-6-8-19(9-7-18)14-16-4-1-5-17-14/h1,4-5,12,15H,2-3,6-11H2. The zero-order valence-corrected chi connectivity index (χ0v) is 11.7.